The summed E-state index contributed by atoms with van der Waals surface area (Å²) in [6.07, 6.45) is 3.83. The number of hydrogen-bond acceptors (Lipinski definition) is 7. The van der Waals surface area contributed by atoms with Crippen LogP contribution >= 0.6 is 34.8 Å². The van der Waals surface area contributed by atoms with Gasteiger partial charge in [0.1, 0.15) is 17.5 Å². The number of aliphatic hydroxyl groups excluding tert-OH is 1. The third-order valence-electron chi connectivity index (χ3n) is 9.86. The van der Waals surface area contributed by atoms with Gasteiger partial charge in [0.25, 0.3) is 11.8 Å². The Morgan fingerprint density at radius 2 is 1.65 bits per heavy atom. The molecule has 3 unspecified atom stereocenters. The molecule has 3 aromatic carbocycles. The van der Waals surface area contributed by atoms with Gasteiger partial charge in [0.05, 0.1) is 10.0 Å². The lowest BCUT2D eigenvalue weighted by Crippen LogP contribution is -2.39. The maximum atomic E-state index is 13.7. The zero-order valence-corrected chi connectivity index (χ0v) is 32.6. The molecule has 0 radical (unpaired) electrons. The van der Waals surface area contributed by atoms with Crippen LogP contribution in [-0.2, 0) is 15.6 Å². The first kappa shape index (κ1) is 39.1. The van der Waals surface area contributed by atoms with Crippen LogP contribution < -0.4 is 20.4 Å². The number of aliphatic hydroxyl groups is 1. The standard InChI is InChI=1S/C39H45Cl3N6O4/c1-8-30(52-31-16-15-24(38(4,5)9-2)20-27(31)39(6,7)10-3)36(50)44-26-14-11-13-23(19-26)35(49)45-34-33(47-18-12-17-43-47)37(51)48(46-34)32-28(41)21-25(40)22-29(32)42/h11-22,30,33,36,44,50H,8-10H2,1-7H3,(H,45,46,49). The Morgan fingerprint density at radius 3 is 2.27 bits per heavy atom. The highest BCUT2D eigenvalue weighted by atomic mass is 35.5. The molecule has 0 fully saturated rings. The summed E-state index contributed by atoms with van der Waals surface area (Å²) in [5, 5.41) is 27.4. The molecule has 2 heterocycles. The summed E-state index contributed by atoms with van der Waals surface area (Å²) in [6.45, 7) is 15.2. The number of rotatable bonds is 13. The summed E-state index contributed by atoms with van der Waals surface area (Å²) in [6, 6.07) is 16.5. The number of ether oxygens (including phenoxy) is 1. The Balaban J connectivity index is 1.36. The van der Waals surface area contributed by atoms with E-state index >= 15 is 0 Å². The smallest absolute Gasteiger partial charge is 0.280 e. The number of hydrazone groups is 1. The topological polar surface area (TPSA) is 121 Å². The van der Waals surface area contributed by atoms with Crippen molar-refractivity contribution in [3.8, 4) is 5.75 Å². The highest BCUT2D eigenvalue weighted by molar-refractivity contribution is 6.43. The van der Waals surface area contributed by atoms with Gasteiger partial charge in [-0.1, -0.05) is 101 Å². The summed E-state index contributed by atoms with van der Waals surface area (Å²) in [5.74, 6) is -0.333. The second-order valence-electron chi connectivity index (χ2n) is 14.1. The molecule has 276 valence electrons. The zero-order valence-electron chi connectivity index (χ0n) is 30.4. The molecular formula is C39H45Cl3N6O4. The quantitative estimate of drug-likeness (QED) is 0.117. The number of carbonyl (C=O) groups is 2. The fraction of sp³-hybridized carbons (Fsp3) is 0.385. The first-order valence-electron chi connectivity index (χ1n) is 17.3. The van der Waals surface area contributed by atoms with E-state index in [1.807, 2.05) is 13.0 Å². The van der Waals surface area contributed by atoms with E-state index in [2.05, 4.69) is 74.5 Å². The first-order valence-corrected chi connectivity index (χ1v) is 18.5. The second-order valence-corrected chi connectivity index (χ2v) is 15.4. The average Bonchev–Trinajstić information content (AvgIpc) is 3.74. The summed E-state index contributed by atoms with van der Waals surface area (Å²) in [4.78, 5) is 27.3. The Hall–Kier alpha value is -4.09. The van der Waals surface area contributed by atoms with Gasteiger partial charge in [-0.3, -0.25) is 14.3 Å². The SMILES string of the molecule is CCC(Oc1ccc(C(C)(C)CC)cc1C(C)(C)CC)C(O)Nc1cccc(C(=O)NC2=NN(c3c(Cl)cc(Cl)cc3Cl)C(=O)C2n2cccn2)c1. The minimum Gasteiger partial charge on any atom is -0.485 e. The molecule has 2 amide bonds. The number of hydrogen-bond donors (Lipinski definition) is 3. The van der Waals surface area contributed by atoms with E-state index in [4.69, 9.17) is 39.5 Å². The maximum absolute atomic E-state index is 13.7. The van der Waals surface area contributed by atoms with Crippen molar-refractivity contribution < 1.29 is 19.4 Å². The van der Waals surface area contributed by atoms with Crippen molar-refractivity contribution in [1.82, 2.24) is 15.1 Å². The van der Waals surface area contributed by atoms with E-state index in [1.165, 1.54) is 28.6 Å². The molecule has 0 saturated carbocycles. The number of anilines is 2. The Labute approximate surface area is 320 Å². The van der Waals surface area contributed by atoms with E-state index < -0.39 is 30.2 Å². The van der Waals surface area contributed by atoms with Crippen LogP contribution in [0.25, 0.3) is 0 Å². The molecule has 3 atom stereocenters. The molecular weight excluding hydrogens is 723 g/mol. The average molecular weight is 768 g/mol. The zero-order chi connectivity index (χ0) is 38.0. The summed E-state index contributed by atoms with van der Waals surface area (Å²) < 4.78 is 7.91. The van der Waals surface area contributed by atoms with Crippen LogP contribution in [0, 0.1) is 0 Å². The summed E-state index contributed by atoms with van der Waals surface area (Å²) in [5.41, 5.74) is 3.07. The highest BCUT2D eigenvalue weighted by Gasteiger charge is 2.41. The molecule has 0 aliphatic carbocycles. The van der Waals surface area contributed by atoms with Crippen molar-refractivity contribution in [2.45, 2.75) is 96.9 Å². The van der Waals surface area contributed by atoms with Gasteiger partial charge in [0.15, 0.2) is 18.1 Å². The molecule has 5 rings (SSSR count). The van der Waals surface area contributed by atoms with Gasteiger partial charge >= 0.3 is 0 Å². The van der Waals surface area contributed by atoms with Crippen LogP contribution in [0.2, 0.25) is 15.1 Å². The van der Waals surface area contributed by atoms with Crippen LogP contribution in [0.15, 0.2) is 78.2 Å². The van der Waals surface area contributed by atoms with Gasteiger partial charge in [-0.2, -0.15) is 10.1 Å². The fourth-order valence-corrected chi connectivity index (χ4v) is 6.80. The minimum atomic E-state index is -1.10. The van der Waals surface area contributed by atoms with Crippen LogP contribution in [-0.4, -0.2) is 44.9 Å². The number of aromatic nitrogens is 2. The Morgan fingerprint density at radius 1 is 0.962 bits per heavy atom. The summed E-state index contributed by atoms with van der Waals surface area (Å²) in [7, 11) is 0. The van der Waals surface area contributed by atoms with Crippen molar-refractivity contribution in [1.29, 1.82) is 0 Å². The van der Waals surface area contributed by atoms with Crippen LogP contribution in [0.5, 0.6) is 5.75 Å². The van der Waals surface area contributed by atoms with E-state index in [9.17, 15) is 14.7 Å². The van der Waals surface area contributed by atoms with Gasteiger partial charge in [-0.15, -0.1) is 5.10 Å². The maximum Gasteiger partial charge on any atom is 0.280 e. The van der Waals surface area contributed by atoms with Gasteiger partial charge in [0, 0.05) is 34.2 Å². The number of nitrogens with one attached hydrogen (secondary N) is 2. The molecule has 52 heavy (non-hydrogen) atoms. The molecule has 1 aliphatic heterocycles. The van der Waals surface area contributed by atoms with Gasteiger partial charge in [-0.25, -0.2) is 0 Å². The van der Waals surface area contributed by atoms with Crippen molar-refractivity contribution in [2.24, 2.45) is 5.10 Å². The molecule has 4 aromatic rings. The van der Waals surface area contributed by atoms with Gasteiger partial charge in [0.2, 0.25) is 0 Å². The lowest BCUT2D eigenvalue weighted by molar-refractivity contribution is -0.119. The van der Waals surface area contributed by atoms with Crippen molar-refractivity contribution in [3.63, 3.8) is 0 Å². The van der Waals surface area contributed by atoms with Crippen molar-refractivity contribution in [2.75, 3.05) is 10.3 Å². The number of amides is 2. The predicted molar refractivity (Wildman–Crippen MR) is 209 cm³/mol. The Kier molecular flexibility index (Phi) is 11.9. The van der Waals surface area contributed by atoms with E-state index in [-0.39, 0.29) is 43.0 Å². The molecule has 0 saturated heterocycles. The normalized spacial score (nSPS) is 16.1. The first-order chi connectivity index (χ1) is 24.6. The van der Waals surface area contributed by atoms with E-state index in [0.29, 0.717) is 12.1 Å². The van der Waals surface area contributed by atoms with Crippen LogP contribution in [0.3, 0.4) is 0 Å². The number of carbonyl (C=O) groups excluding carboxylic acids is 2. The monoisotopic (exact) mass is 766 g/mol. The number of halogens is 3. The van der Waals surface area contributed by atoms with Crippen LogP contribution in [0.4, 0.5) is 11.4 Å². The number of nitrogens with zero attached hydrogens (tertiary/aromatic N) is 4. The van der Waals surface area contributed by atoms with Crippen LogP contribution in [0.1, 0.15) is 95.3 Å². The fourth-order valence-electron chi connectivity index (χ4n) is 5.82. The third-order valence-corrected chi connectivity index (χ3v) is 10.7. The molecule has 10 nitrogen and oxygen atoms in total. The molecule has 0 bridgehead atoms. The summed E-state index contributed by atoms with van der Waals surface area (Å²) >= 11 is 18.9. The Bertz CT molecular complexity index is 1940. The second kappa shape index (κ2) is 15.9. The predicted octanol–water partition coefficient (Wildman–Crippen LogP) is 9.14. The number of benzene rings is 3. The minimum absolute atomic E-state index is 0.0110. The molecule has 3 N–H and O–H groups in total. The van der Waals surface area contributed by atoms with Gasteiger partial charge < -0.3 is 20.5 Å². The largest absolute Gasteiger partial charge is 0.485 e. The molecule has 1 aromatic heterocycles. The van der Waals surface area contributed by atoms with E-state index in [1.54, 1.807) is 36.5 Å². The lowest BCUT2D eigenvalue weighted by atomic mass is 9.76. The molecule has 1 aliphatic rings. The van der Waals surface area contributed by atoms with Crippen molar-refractivity contribution >= 4 is 63.8 Å². The lowest BCUT2D eigenvalue weighted by Gasteiger charge is -2.32. The van der Waals surface area contributed by atoms with Crippen molar-refractivity contribution in [3.05, 3.63) is 105 Å². The molecule has 0 spiro atoms. The number of amidine groups is 1. The van der Waals surface area contributed by atoms with E-state index in [0.717, 1.165) is 29.2 Å². The van der Waals surface area contributed by atoms with Gasteiger partial charge in [-0.05, 0) is 78.1 Å². The molecule has 13 heteroatoms. The third kappa shape index (κ3) is 8.26. The highest BCUT2D eigenvalue weighted by Crippen LogP contribution is 2.41.